The smallest absolute Gasteiger partial charge is 0.257 e. The van der Waals surface area contributed by atoms with Crippen LogP contribution >= 0.6 is 15.9 Å². The molecule has 0 radical (unpaired) electrons. The van der Waals surface area contributed by atoms with E-state index in [1.165, 1.54) is 0 Å². The van der Waals surface area contributed by atoms with Gasteiger partial charge in [-0.05, 0) is 53.7 Å². The molecule has 0 aromatic carbocycles. The maximum Gasteiger partial charge on any atom is 0.257 e. The van der Waals surface area contributed by atoms with Crippen molar-refractivity contribution in [3.63, 3.8) is 0 Å². The van der Waals surface area contributed by atoms with Crippen molar-refractivity contribution in [1.82, 2.24) is 35.0 Å². The Morgan fingerprint density at radius 2 is 1.93 bits per heavy atom. The molecule has 3 aromatic rings. The Morgan fingerprint density at radius 3 is 2.63 bits per heavy atom. The zero-order chi connectivity index (χ0) is 19.0. The van der Waals surface area contributed by atoms with Crippen molar-refractivity contribution in [2.45, 2.75) is 52.2 Å². The highest BCUT2D eigenvalue weighted by atomic mass is 79.9. The van der Waals surface area contributed by atoms with Crippen LogP contribution in [0.2, 0.25) is 0 Å². The van der Waals surface area contributed by atoms with Gasteiger partial charge >= 0.3 is 0 Å². The van der Waals surface area contributed by atoms with Gasteiger partial charge in [-0.25, -0.2) is 9.67 Å². The van der Waals surface area contributed by atoms with Crippen LogP contribution in [0.3, 0.4) is 0 Å². The van der Waals surface area contributed by atoms with Gasteiger partial charge in [-0.1, -0.05) is 19.1 Å². The summed E-state index contributed by atoms with van der Waals surface area (Å²) < 4.78 is 8.75. The third-order valence-electron chi connectivity index (χ3n) is 4.66. The van der Waals surface area contributed by atoms with Gasteiger partial charge in [-0.3, -0.25) is 0 Å². The van der Waals surface area contributed by atoms with Crippen LogP contribution in [0.4, 0.5) is 0 Å². The molecule has 0 saturated heterocycles. The SMILES string of the molecule is CCc1nc(-c2nnn(C)c2COc2nn(C3CC3)nc2CC)ccc1Br. The van der Waals surface area contributed by atoms with Crippen LogP contribution in [-0.2, 0) is 26.5 Å². The highest BCUT2D eigenvalue weighted by Gasteiger charge is 2.28. The number of pyridine rings is 1. The van der Waals surface area contributed by atoms with Crippen molar-refractivity contribution in [3.05, 3.63) is 33.7 Å². The van der Waals surface area contributed by atoms with E-state index in [0.29, 0.717) is 18.5 Å². The normalized spacial score (nSPS) is 13.9. The molecule has 0 spiro atoms. The highest BCUT2D eigenvalue weighted by molar-refractivity contribution is 9.10. The summed E-state index contributed by atoms with van der Waals surface area (Å²) in [6.07, 6.45) is 3.90. The summed E-state index contributed by atoms with van der Waals surface area (Å²) in [4.78, 5) is 6.50. The monoisotopic (exact) mass is 431 g/mol. The third kappa shape index (κ3) is 3.60. The lowest BCUT2D eigenvalue weighted by atomic mass is 10.2. The van der Waals surface area contributed by atoms with Crippen LogP contribution in [0.5, 0.6) is 5.88 Å². The molecule has 0 amide bonds. The van der Waals surface area contributed by atoms with E-state index in [0.717, 1.165) is 58.6 Å². The fourth-order valence-electron chi connectivity index (χ4n) is 2.88. The van der Waals surface area contributed by atoms with Gasteiger partial charge in [0.2, 0.25) is 0 Å². The minimum atomic E-state index is 0.314. The van der Waals surface area contributed by atoms with Crippen molar-refractivity contribution in [2.24, 2.45) is 7.05 Å². The second-order valence-electron chi connectivity index (χ2n) is 6.63. The fourth-order valence-corrected chi connectivity index (χ4v) is 3.38. The first-order valence-corrected chi connectivity index (χ1v) is 10.0. The van der Waals surface area contributed by atoms with E-state index in [-0.39, 0.29) is 0 Å². The number of aromatic nitrogens is 7. The molecule has 0 bridgehead atoms. The van der Waals surface area contributed by atoms with E-state index in [1.54, 1.807) is 9.48 Å². The lowest BCUT2D eigenvalue weighted by molar-refractivity contribution is 0.277. The Bertz CT molecular complexity index is 961. The number of hydrogen-bond donors (Lipinski definition) is 0. The first-order valence-electron chi connectivity index (χ1n) is 9.23. The molecule has 142 valence electrons. The van der Waals surface area contributed by atoms with Crippen molar-refractivity contribution < 1.29 is 4.74 Å². The summed E-state index contributed by atoms with van der Waals surface area (Å²) >= 11 is 3.54. The number of ether oxygens (including phenoxy) is 1. The van der Waals surface area contributed by atoms with Crippen molar-refractivity contribution in [2.75, 3.05) is 0 Å². The number of nitrogens with zero attached hydrogens (tertiary/aromatic N) is 7. The molecule has 3 heterocycles. The zero-order valence-electron chi connectivity index (χ0n) is 15.7. The standard InChI is InChI=1S/C18H22BrN7O/c1-4-13-12(19)8-9-15(20-13)17-16(25(3)24-21-17)10-27-18-14(5-2)22-26(23-18)11-6-7-11/h8-9,11H,4-7,10H2,1-3H3. The minimum Gasteiger partial charge on any atom is -0.469 e. The highest BCUT2D eigenvalue weighted by Crippen LogP contribution is 2.34. The Balaban J connectivity index is 1.59. The van der Waals surface area contributed by atoms with E-state index in [1.807, 2.05) is 19.2 Å². The molecule has 1 aliphatic carbocycles. The van der Waals surface area contributed by atoms with E-state index in [2.05, 4.69) is 50.3 Å². The molecular formula is C18H22BrN7O. The third-order valence-corrected chi connectivity index (χ3v) is 5.38. The largest absolute Gasteiger partial charge is 0.469 e. The molecule has 0 N–H and O–H groups in total. The Morgan fingerprint density at radius 1 is 1.15 bits per heavy atom. The van der Waals surface area contributed by atoms with Gasteiger partial charge < -0.3 is 4.74 Å². The van der Waals surface area contributed by atoms with Crippen molar-refractivity contribution >= 4 is 15.9 Å². The van der Waals surface area contributed by atoms with Crippen LogP contribution in [0.15, 0.2) is 16.6 Å². The van der Waals surface area contributed by atoms with Crippen LogP contribution in [0.25, 0.3) is 11.4 Å². The predicted octanol–water partition coefficient (Wildman–Crippen LogP) is 3.27. The zero-order valence-corrected chi connectivity index (χ0v) is 17.3. The molecule has 0 aliphatic heterocycles. The molecular weight excluding hydrogens is 410 g/mol. The van der Waals surface area contributed by atoms with Crippen LogP contribution in [0, 0.1) is 0 Å². The maximum atomic E-state index is 6.02. The maximum absolute atomic E-state index is 6.02. The summed E-state index contributed by atoms with van der Waals surface area (Å²) in [5, 5.41) is 17.5. The summed E-state index contributed by atoms with van der Waals surface area (Å²) in [5.74, 6) is 0.592. The molecule has 4 rings (SSSR count). The molecule has 0 unspecified atom stereocenters. The Labute approximate surface area is 166 Å². The van der Waals surface area contributed by atoms with E-state index in [9.17, 15) is 0 Å². The average Bonchev–Trinajstić information content (AvgIpc) is 3.35. The molecule has 1 aliphatic rings. The van der Waals surface area contributed by atoms with Crippen LogP contribution in [-0.4, -0.2) is 35.0 Å². The van der Waals surface area contributed by atoms with E-state index >= 15 is 0 Å². The summed E-state index contributed by atoms with van der Waals surface area (Å²) in [7, 11) is 1.86. The van der Waals surface area contributed by atoms with Crippen LogP contribution in [0.1, 0.15) is 49.8 Å². The molecule has 1 fully saturated rings. The Kier molecular flexibility index (Phi) is 4.94. The molecule has 27 heavy (non-hydrogen) atoms. The average molecular weight is 432 g/mol. The van der Waals surface area contributed by atoms with Crippen LogP contribution < -0.4 is 4.74 Å². The van der Waals surface area contributed by atoms with Gasteiger partial charge in [0.1, 0.15) is 23.7 Å². The number of rotatable bonds is 7. The van der Waals surface area contributed by atoms with Gasteiger partial charge in [0.05, 0.1) is 17.4 Å². The van der Waals surface area contributed by atoms with Crippen molar-refractivity contribution in [1.29, 1.82) is 0 Å². The van der Waals surface area contributed by atoms with E-state index in [4.69, 9.17) is 9.72 Å². The number of halogens is 1. The lowest BCUT2D eigenvalue weighted by Gasteiger charge is -2.07. The van der Waals surface area contributed by atoms with Gasteiger partial charge in [0.15, 0.2) is 0 Å². The summed E-state index contributed by atoms with van der Waals surface area (Å²) in [6.45, 7) is 4.45. The Hall–Kier alpha value is -2.29. The van der Waals surface area contributed by atoms with Crippen molar-refractivity contribution in [3.8, 4) is 17.3 Å². The van der Waals surface area contributed by atoms with E-state index < -0.39 is 0 Å². The number of hydrogen-bond acceptors (Lipinski definition) is 6. The quantitative estimate of drug-likeness (QED) is 0.570. The summed E-state index contributed by atoms with van der Waals surface area (Å²) in [5.41, 5.74) is 4.25. The first kappa shape index (κ1) is 18.1. The molecule has 1 saturated carbocycles. The molecule has 8 nitrogen and oxygen atoms in total. The minimum absolute atomic E-state index is 0.314. The summed E-state index contributed by atoms with van der Waals surface area (Å²) in [6, 6.07) is 4.37. The first-order chi connectivity index (χ1) is 13.1. The molecule has 9 heteroatoms. The van der Waals surface area contributed by atoms with Gasteiger partial charge in [-0.15, -0.1) is 10.2 Å². The lowest BCUT2D eigenvalue weighted by Crippen LogP contribution is -2.06. The van der Waals surface area contributed by atoms with Gasteiger partial charge in [0, 0.05) is 11.5 Å². The fraction of sp³-hybridized carbons (Fsp3) is 0.500. The molecule has 0 atom stereocenters. The number of aryl methyl sites for hydroxylation is 3. The topological polar surface area (TPSA) is 83.5 Å². The second kappa shape index (κ2) is 7.38. The second-order valence-corrected chi connectivity index (χ2v) is 7.49. The predicted molar refractivity (Wildman–Crippen MR) is 103 cm³/mol. The van der Waals surface area contributed by atoms with Gasteiger partial charge in [-0.2, -0.15) is 9.90 Å². The molecule has 3 aromatic heterocycles. The van der Waals surface area contributed by atoms with Gasteiger partial charge in [0.25, 0.3) is 5.88 Å².